The highest BCUT2D eigenvalue weighted by Gasteiger charge is 2.14. The van der Waals surface area contributed by atoms with Gasteiger partial charge in [-0.3, -0.25) is 5.10 Å². The van der Waals surface area contributed by atoms with E-state index in [-0.39, 0.29) is 0 Å². The van der Waals surface area contributed by atoms with Crippen LogP contribution < -0.4 is 4.74 Å². The minimum absolute atomic E-state index is 0.478. The number of rotatable bonds is 7. The zero-order valence-electron chi connectivity index (χ0n) is 14.9. The zero-order valence-corrected chi connectivity index (χ0v) is 16.5. The molecule has 0 atom stereocenters. The van der Waals surface area contributed by atoms with Crippen molar-refractivity contribution < 1.29 is 9.15 Å². The smallest absolute Gasteiger partial charge is 0.226 e. The van der Waals surface area contributed by atoms with E-state index >= 15 is 0 Å². The monoisotopic (exact) mass is 413 g/mol. The molecule has 0 bridgehead atoms. The summed E-state index contributed by atoms with van der Waals surface area (Å²) >= 11 is 7.48. The topological polar surface area (TPSA) is 89.7 Å². The van der Waals surface area contributed by atoms with E-state index < -0.39 is 0 Å². The van der Waals surface area contributed by atoms with Crippen LogP contribution in [0.4, 0.5) is 0 Å². The lowest BCUT2D eigenvalue weighted by Crippen LogP contribution is -1.89. The second-order valence-electron chi connectivity index (χ2n) is 5.85. The molecule has 2 aromatic carbocycles. The number of thioether (sulfide) groups is 1. The van der Waals surface area contributed by atoms with Crippen LogP contribution in [-0.2, 0) is 12.2 Å². The minimum Gasteiger partial charge on any atom is -0.496 e. The number of nitrogens with zero attached hydrogens (tertiary/aromatic N) is 4. The molecule has 0 fully saturated rings. The lowest BCUT2D eigenvalue weighted by atomic mass is 10.2. The van der Waals surface area contributed by atoms with Crippen LogP contribution in [0.3, 0.4) is 0 Å². The second-order valence-corrected chi connectivity index (χ2v) is 7.23. The Morgan fingerprint density at radius 1 is 1.11 bits per heavy atom. The standard InChI is InChI=1S/C19H16ClN5O2S/c1-26-15-8-7-13(20)10-14(15)18-21-19(25-24-18)28-11-17-23-22-16(27-17)9-12-5-3-2-4-6-12/h2-8,10H,9,11H2,1H3,(H,21,24,25). The fourth-order valence-electron chi connectivity index (χ4n) is 2.61. The van der Waals surface area contributed by atoms with Crippen molar-refractivity contribution in [3.8, 4) is 17.1 Å². The molecule has 0 unspecified atom stereocenters. The minimum atomic E-state index is 0.478. The van der Waals surface area contributed by atoms with E-state index in [2.05, 4.69) is 25.4 Å². The van der Waals surface area contributed by atoms with E-state index in [0.29, 0.717) is 45.7 Å². The summed E-state index contributed by atoms with van der Waals surface area (Å²) in [7, 11) is 1.60. The van der Waals surface area contributed by atoms with Crippen LogP contribution >= 0.6 is 23.4 Å². The molecule has 0 aliphatic rings. The molecular formula is C19H16ClN5O2S. The summed E-state index contributed by atoms with van der Waals surface area (Å²) in [6.45, 7) is 0. The number of aromatic nitrogens is 5. The van der Waals surface area contributed by atoms with E-state index in [0.717, 1.165) is 11.1 Å². The molecule has 28 heavy (non-hydrogen) atoms. The number of H-pyrrole nitrogens is 1. The third-order valence-electron chi connectivity index (χ3n) is 3.91. The number of methoxy groups -OCH3 is 1. The van der Waals surface area contributed by atoms with E-state index in [4.69, 9.17) is 20.8 Å². The van der Waals surface area contributed by atoms with Gasteiger partial charge in [0.25, 0.3) is 0 Å². The molecule has 0 saturated carbocycles. The molecule has 0 radical (unpaired) electrons. The second kappa shape index (κ2) is 8.45. The Labute approximate surface area is 170 Å². The van der Waals surface area contributed by atoms with Gasteiger partial charge in [-0.25, -0.2) is 4.98 Å². The number of benzene rings is 2. The highest BCUT2D eigenvalue weighted by Crippen LogP contribution is 2.31. The Kier molecular flexibility index (Phi) is 5.59. The number of nitrogens with one attached hydrogen (secondary N) is 1. The Bertz CT molecular complexity index is 1070. The maximum atomic E-state index is 6.08. The van der Waals surface area contributed by atoms with Crippen molar-refractivity contribution in [2.45, 2.75) is 17.3 Å². The average Bonchev–Trinajstić information content (AvgIpc) is 3.36. The Balaban J connectivity index is 1.41. The molecule has 1 N–H and O–H groups in total. The van der Waals surface area contributed by atoms with Gasteiger partial charge >= 0.3 is 0 Å². The van der Waals surface area contributed by atoms with Crippen molar-refractivity contribution in [3.63, 3.8) is 0 Å². The molecular weight excluding hydrogens is 398 g/mol. The molecule has 0 saturated heterocycles. The van der Waals surface area contributed by atoms with Crippen LogP contribution in [0, 0.1) is 0 Å². The van der Waals surface area contributed by atoms with Gasteiger partial charge in [-0.1, -0.05) is 53.7 Å². The van der Waals surface area contributed by atoms with Crippen molar-refractivity contribution in [1.29, 1.82) is 0 Å². The van der Waals surface area contributed by atoms with Crippen molar-refractivity contribution in [2.75, 3.05) is 7.11 Å². The number of ether oxygens (including phenoxy) is 1. The zero-order chi connectivity index (χ0) is 19.3. The number of halogens is 1. The molecule has 142 valence electrons. The summed E-state index contributed by atoms with van der Waals surface area (Å²) in [6, 6.07) is 15.3. The maximum absolute atomic E-state index is 6.08. The van der Waals surface area contributed by atoms with Gasteiger partial charge in [0.2, 0.25) is 16.9 Å². The predicted octanol–water partition coefficient (Wildman–Crippen LogP) is 4.40. The fourth-order valence-corrected chi connectivity index (χ4v) is 3.42. The first kappa shape index (κ1) is 18.5. The van der Waals surface area contributed by atoms with Gasteiger partial charge in [0.05, 0.1) is 24.8 Å². The molecule has 2 heterocycles. The summed E-state index contributed by atoms with van der Waals surface area (Å²) in [5.74, 6) is 2.84. The lowest BCUT2D eigenvalue weighted by molar-refractivity contribution is 0.416. The molecule has 0 aliphatic carbocycles. The van der Waals surface area contributed by atoms with E-state index in [1.165, 1.54) is 11.8 Å². The number of hydrogen-bond acceptors (Lipinski definition) is 7. The van der Waals surface area contributed by atoms with Crippen molar-refractivity contribution in [1.82, 2.24) is 25.4 Å². The van der Waals surface area contributed by atoms with Gasteiger partial charge in [0.15, 0.2) is 5.82 Å². The summed E-state index contributed by atoms with van der Waals surface area (Å²) in [5.41, 5.74) is 1.87. The fraction of sp³-hybridized carbons (Fsp3) is 0.158. The molecule has 7 nitrogen and oxygen atoms in total. The summed E-state index contributed by atoms with van der Waals surface area (Å²) in [4.78, 5) is 4.49. The van der Waals surface area contributed by atoms with Crippen molar-refractivity contribution >= 4 is 23.4 Å². The summed E-state index contributed by atoms with van der Waals surface area (Å²) in [6.07, 6.45) is 0.609. The van der Waals surface area contributed by atoms with E-state index in [9.17, 15) is 0 Å². The SMILES string of the molecule is COc1ccc(Cl)cc1-c1nc(SCc2nnc(Cc3ccccc3)o2)n[nH]1. The Morgan fingerprint density at radius 2 is 1.93 bits per heavy atom. The van der Waals surface area contributed by atoms with Gasteiger partial charge in [-0.2, -0.15) is 0 Å². The van der Waals surface area contributed by atoms with E-state index in [1.54, 1.807) is 25.3 Å². The first-order valence-corrected chi connectivity index (χ1v) is 9.82. The van der Waals surface area contributed by atoms with Gasteiger partial charge in [-0.15, -0.1) is 15.3 Å². The molecule has 0 spiro atoms. The molecule has 0 amide bonds. The molecule has 9 heteroatoms. The normalized spacial score (nSPS) is 10.9. The highest BCUT2D eigenvalue weighted by molar-refractivity contribution is 7.98. The Morgan fingerprint density at radius 3 is 2.75 bits per heavy atom. The average molecular weight is 414 g/mol. The predicted molar refractivity (Wildman–Crippen MR) is 106 cm³/mol. The van der Waals surface area contributed by atoms with Gasteiger partial charge < -0.3 is 9.15 Å². The van der Waals surface area contributed by atoms with Crippen LogP contribution in [0.25, 0.3) is 11.4 Å². The number of hydrogen-bond donors (Lipinski definition) is 1. The molecule has 4 rings (SSSR count). The van der Waals surface area contributed by atoms with Crippen LogP contribution in [-0.4, -0.2) is 32.5 Å². The van der Waals surface area contributed by atoms with Gasteiger partial charge in [-0.05, 0) is 23.8 Å². The van der Waals surface area contributed by atoms with Crippen LogP contribution in [0.5, 0.6) is 5.75 Å². The van der Waals surface area contributed by atoms with Crippen LogP contribution in [0.2, 0.25) is 5.02 Å². The van der Waals surface area contributed by atoms with Crippen molar-refractivity contribution in [3.05, 3.63) is 70.9 Å². The number of aromatic amines is 1. The van der Waals surface area contributed by atoms with Crippen LogP contribution in [0.15, 0.2) is 58.1 Å². The summed E-state index contributed by atoms with van der Waals surface area (Å²) in [5, 5.41) is 16.5. The third-order valence-corrected chi connectivity index (χ3v) is 4.98. The molecule has 4 aromatic rings. The lowest BCUT2D eigenvalue weighted by Gasteiger charge is -2.05. The molecule has 0 aliphatic heterocycles. The first-order valence-electron chi connectivity index (χ1n) is 8.45. The largest absolute Gasteiger partial charge is 0.496 e. The van der Waals surface area contributed by atoms with E-state index in [1.807, 2.05) is 30.3 Å². The molecule has 2 aromatic heterocycles. The first-order chi connectivity index (χ1) is 13.7. The third kappa shape index (κ3) is 4.35. The van der Waals surface area contributed by atoms with Gasteiger partial charge in [0.1, 0.15) is 5.75 Å². The quantitative estimate of drug-likeness (QED) is 0.449. The Hall–Kier alpha value is -2.84. The summed E-state index contributed by atoms with van der Waals surface area (Å²) < 4.78 is 11.1. The highest BCUT2D eigenvalue weighted by atomic mass is 35.5. The van der Waals surface area contributed by atoms with Crippen molar-refractivity contribution in [2.24, 2.45) is 0 Å². The van der Waals surface area contributed by atoms with Crippen LogP contribution in [0.1, 0.15) is 17.3 Å². The maximum Gasteiger partial charge on any atom is 0.226 e. The van der Waals surface area contributed by atoms with Gasteiger partial charge in [0, 0.05) is 5.02 Å².